The van der Waals surface area contributed by atoms with E-state index in [2.05, 4.69) is 5.32 Å². The minimum absolute atomic E-state index is 0.231. The van der Waals surface area contributed by atoms with Crippen molar-refractivity contribution in [2.24, 2.45) is 11.8 Å². The summed E-state index contributed by atoms with van der Waals surface area (Å²) in [4.78, 5) is 11.0. The van der Waals surface area contributed by atoms with E-state index in [4.69, 9.17) is 9.84 Å². The molecule has 1 aliphatic rings. The molecule has 0 aromatic heterocycles. The molecular formula is C10H19NO3. The molecule has 82 valence electrons. The first-order chi connectivity index (χ1) is 6.77. The lowest BCUT2D eigenvalue weighted by Crippen LogP contribution is -2.32. The van der Waals surface area contributed by atoms with Crippen LogP contribution in [0.1, 0.15) is 26.2 Å². The van der Waals surface area contributed by atoms with E-state index in [1.54, 1.807) is 6.92 Å². The van der Waals surface area contributed by atoms with Crippen LogP contribution in [0.5, 0.6) is 0 Å². The number of hydrogen-bond acceptors (Lipinski definition) is 3. The molecule has 0 aliphatic heterocycles. The number of carbonyl (C=O) groups is 1. The molecule has 2 atom stereocenters. The number of alkyl carbamates (subject to hydrolysis) is 1. The highest BCUT2D eigenvalue weighted by atomic mass is 16.5. The minimum atomic E-state index is -0.351. The number of carbonyl (C=O) groups excluding carboxylic acids is 1. The summed E-state index contributed by atoms with van der Waals surface area (Å²) >= 11 is 0. The Morgan fingerprint density at radius 2 is 2.21 bits per heavy atom. The molecule has 1 aliphatic carbocycles. The maximum Gasteiger partial charge on any atom is 0.407 e. The molecule has 1 rings (SSSR count). The Labute approximate surface area is 84.6 Å². The SMILES string of the molecule is CCOC(=O)NCC1CCCC1CO. The molecule has 0 heterocycles. The maximum absolute atomic E-state index is 11.0. The van der Waals surface area contributed by atoms with Gasteiger partial charge < -0.3 is 15.2 Å². The first-order valence-corrected chi connectivity index (χ1v) is 5.29. The van der Waals surface area contributed by atoms with Gasteiger partial charge in [-0.05, 0) is 31.6 Å². The molecule has 14 heavy (non-hydrogen) atoms. The highest BCUT2D eigenvalue weighted by molar-refractivity contribution is 5.67. The number of rotatable bonds is 4. The van der Waals surface area contributed by atoms with Gasteiger partial charge in [0, 0.05) is 13.2 Å². The molecular weight excluding hydrogens is 182 g/mol. The third kappa shape index (κ3) is 3.18. The summed E-state index contributed by atoms with van der Waals surface area (Å²) in [7, 11) is 0. The molecule has 0 bridgehead atoms. The second-order valence-electron chi connectivity index (χ2n) is 3.74. The van der Waals surface area contributed by atoms with Gasteiger partial charge in [0.05, 0.1) is 6.61 Å². The summed E-state index contributed by atoms with van der Waals surface area (Å²) in [5.74, 6) is 0.779. The molecule has 0 aromatic rings. The first kappa shape index (κ1) is 11.3. The van der Waals surface area contributed by atoms with E-state index >= 15 is 0 Å². The quantitative estimate of drug-likeness (QED) is 0.717. The van der Waals surface area contributed by atoms with Gasteiger partial charge in [-0.1, -0.05) is 6.42 Å². The Morgan fingerprint density at radius 1 is 1.50 bits per heavy atom. The van der Waals surface area contributed by atoms with Crippen molar-refractivity contribution < 1.29 is 14.6 Å². The zero-order valence-corrected chi connectivity index (χ0v) is 8.66. The lowest BCUT2D eigenvalue weighted by Gasteiger charge is -2.17. The van der Waals surface area contributed by atoms with E-state index < -0.39 is 0 Å². The summed E-state index contributed by atoms with van der Waals surface area (Å²) in [6.45, 7) is 3.05. The number of hydrogen-bond donors (Lipinski definition) is 2. The lowest BCUT2D eigenvalue weighted by molar-refractivity contribution is 0.145. The third-order valence-electron chi connectivity index (χ3n) is 2.84. The molecule has 2 unspecified atom stereocenters. The van der Waals surface area contributed by atoms with Crippen LogP contribution >= 0.6 is 0 Å². The van der Waals surface area contributed by atoms with Crippen LogP contribution in [0, 0.1) is 11.8 Å². The van der Waals surface area contributed by atoms with Crippen molar-refractivity contribution in [3.8, 4) is 0 Å². The Morgan fingerprint density at radius 3 is 2.86 bits per heavy atom. The summed E-state index contributed by atoms with van der Waals surface area (Å²) in [6.07, 6.45) is 2.97. The molecule has 4 heteroatoms. The van der Waals surface area contributed by atoms with Gasteiger partial charge in [-0.15, -0.1) is 0 Å². The van der Waals surface area contributed by atoms with Gasteiger partial charge in [0.1, 0.15) is 0 Å². The van der Waals surface area contributed by atoms with Gasteiger partial charge in [0.2, 0.25) is 0 Å². The molecule has 1 saturated carbocycles. The van der Waals surface area contributed by atoms with E-state index in [1.807, 2.05) is 0 Å². The Bertz CT molecular complexity index is 184. The van der Waals surface area contributed by atoms with E-state index in [1.165, 1.54) is 0 Å². The van der Waals surface area contributed by atoms with Crippen molar-refractivity contribution in [3.05, 3.63) is 0 Å². The van der Waals surface area contributed by atoms with Gasteiger partial charge in [-0.3, -0.25) is 0 Å². The van der Waals surface area contributed by atoms with Crippen LogP contribution in [0.15, 0.2) is 0 Å². The molecule has 1 fully saturated rings. The Balaban J connectivity index is 2.20. The number of aliphatic hydroxyl groups excluding tert-OH is 1. The average Bonchev–Trinajstić information content (AvgIpc) is 2.62. The minimum Gasteiger partial charge on any atom is -0.450 e. The third-order valence-corrected chi connectivity index (χ3v) is 2.84. The monoisotopic (exact) mass is 201 g/mol. The Kier molecular flexibility index (Phi) is 4.73. The van der Waals surface area contributed by atoms with Crippen molar-refractivity contribution >= 4 is 6.09 Å². The number of aliphatic hydroxyl groups is 1. The second-order valence-corrected chi connectivity index (χ2v) is 3.74. The average molecular weight is 201 g/mol. The summed E-state index contributed by atoms with van der Waals surface area (Å²) in [5.41, 5.74) is 0. The summed E-state index contributed by atoms with van der Waals surface area (Å²) < 4.78 is 4.76. The molecule has 0 aromatic carbocycles. The van der Waals surface area contributed by atoms with Crippen molar-refractivity contribution in [3.63, 3.8) is 0 Å². The number of nitrogens with one attached hydrogen (secondary N) is 1. The summed E-state index contributed by atoms with van der Waals surface area (Å²) in [5, 5.41) is 11.8. The van der Waals surface area contributed by atoms with E-state index in [0.29, 0.717) is 25.0 Å². The largest absolute Gasteiger partial charge is 0.450 e. The van der Waals surface area contributed by atoms with Crippen LogP contribution in [0.4, 0.5) is 4.79 Å². The van der Waals surface area contributed by atoms with Gasteiger partial charge in [-0.2, -0.15) is 0 Å². The van der Waals surface area contributed by atoms with Gasteiger partial charge in [-0.25, -0.2) is 4.79 Å². The van der Waals surface area contributed by atoms with Crippen LogP contribution in [-0.4, -0.2) is 31.0 Å². The Hall–Kier alpha value is -0.770. The van der Waals surface area contributed by atoms with E-state index in [-0.39, 0.29) is 12.7 Å². The molecule has 1 amide bonds. The lowest BCUT2D eigenvalue weighted by atomic mass is 9.97. The van der Waals surface area contributed by atoms with Crippen molar-refractivity contribution in [1.82, 2.24) is 5.32 Å². The standard InChI is InChI=1S/C10H19NO3/c1-2-14-10(13)11-6-8-4-3-5-9(8)7-12/h8-9,12H,2-7H2,1H3,(H,11,13). The van der Waals surface area contributed by atoms with Crippen LogP contribution in [0.3, 0.4) is 0 Å². The smallest absolute Gasteiger partial charge is 0.407 e. The fourth-order valence-corrected chi connectivity index (χ4v) is 2.02. The predicted molar refractivity (Wildman–Crippen MR) is 52.9 cm³/mol. The van der Waals surface area contributed by atoms with E-state index in [0.717, 1.165) is 19.3 Å². The van der Waals surface area contributed by atoms with Crippen LogP contribution in [0.2, 0.25) is 0 Å². The summed E-state index contributed by atoms with van der Waals surface area (Å²) in [6, 6.07) is 0. The molecule has 2 N–H and O–H groups in total. The second kappa shape index (κ2) is 5.86. The molecule has 0 saturated heterocycles. The topological polar surface area (TPSA) is 58.6 Å². The number of ether oxygens (including phenoxy) is 1. The van der Waals surface area contributed by atoms with Gasteiger partial charge >= 0.3 is 6.09 Å². The molecule has 4 nitrogen and oxygen atoms in total. The van der Waals surface area contributed by atoms with E-state index in [9.17, 15) is 4.79 Å². The fraction of sp³-hybridized carbons (Fsp3) is 0.900. The van der Waals surface area contributed by atoms with Crippen molar-refractivity contribution in [2.75, 3.05) is 19.8 Å². The van der Waals surface area contributed by atoms with Crippen LogP contribution in [-0.2, 0) is 4.74 Å². The van der Waals surface area contributed by atoms with Crippen molar-refractivity contribution in [2.45, 2.75) is 26.2 Å². The van der Waals surface area contributed by atoms with Gasteiger partial charge in [0.25, 0.3) is 0 Å². The zero-order chi connectivity index (χ0) is 10.4. The van der Waals surface area contributed by atoms with Crippen molar-refractivity contribution in [1.29, 1.82) is 0 Å². The first-order valence-electron chi connectivity index (χ1n) is 5.29. The maximum atomic E-state index is 11.0. The van der Waals surface area contributed by atoms with Gasteiger partial charge in [0.15, 0.2) is 0 Å². The highest BCUT2D eigenvalue weighted by Crippen LogP contribution is 2.30. The number of amides is 1. The predicted octanol–water partition coefficient (Wildman–Crippen LogP) is 1.14. The molecule has 0 radical (unpaired) electrons. The highest BCUT2D eigenvalue weighted by Gasteiger charge is 2.26. The fourth-order valence-electron chi connectivity index (χ4n) is 2.02. The van der Waals surface area contributed by atoms with Crippen LogP contribution < -0.4 is 5.32 Å². The normalized spacial score (nSPS) is 26.1. The zero-order valence-electron chi connectivity index (χ0n) is 8.66. The van der Waals surface area contributed by atoms with Crippen LogP contribution in [0.25, 0.3) is 0 Å². The molecule has 0 spiro atoms.